The Kier molecular flexibility index (Phi) is 4.33. The van der Waals surface area contributed by atoms with Crippen molar-refractivity contribution in [1.82, 2.24) is 9.88 Å². The van der Waals surface area contributed by atoms with E-state index in [1.807, 2.05) is 0 Å². The number of nitrogens with zero attached hydrogens (tertiary/aromatic N) is 1. The summed E-state index contributed by atoms with van der Waals surface area (Å²) < 4.78 is 1.12. The summed E-state index contributed by atoms with van der Waals surface area (Å²) in [5.74, 6) is 0. The summed E-state index contributed by atoms with van der Waals surface area (Å²) in [4.78, 5) is 5.66. The molecule has 2 rings (SSSR count). The van der Waals surface area contributed by atoms with E-state index in [1.165, 1.54) is 16.5 Å². The molecular formula is C15H22BrN3. The molecule has 0 saturated heterocycles. The second kappa shape index (κ2) is 5.65. The van der Waals surface area contributed by atoms with E-state index in [1.54, 1.807) is 0 Å². The van der Waals surface area contributed by atoms with Crippen molar-refractivity contribution in [3.63, 3.8) is 0 Å². The summed E-state index contributed by atoms with van der Waals surface area (Å²) in [7, 11) is 2.15. The summed E-state index contributed by atoms with van der Waals surface area (Å²) in [6.45, 7) is 7.03. The van der Waals surface area contributed by atoms with Gasteiger partial charge in [0, 0.05) is 34.7 Å². The van der Waals surface area contributed by atoms with E-state index in [4.69, 9.17) is 5.73 Å². The average Bonchev–Trinajstić information content (AvgIpc) is 2.71. The van der Waals surface area contributed by atoms with Gasteiger partial charge in [0.25, 0.3) is 0 Å². The maximum absolute atomic E-state index is 5.80. The average molecular weight is 324 g/mol. The van der Waals surface area contributed by atoms with Crippen LogP contribution in [0, 0.1) is 5.41 Å². The molecule has 1 aromatic heterocycles. The van der Waals surface area contributed by atoms with Crippen LogP contribution in [0.3, 0.4) is 0 Å². The van der Waals surface area contributed by atoms with E-state index < -0.39 is 0 Å². The van der Waals surface area contributed by atoms with Crippen LogP contribution in [-0.2, 0) is 6.54 Å². The van der Waals surface area contributed by atoms with Gasteiger partial charge in [-0.05, 0) is 42.8 Å². The van der Waals surface area contributed by atoms with Gasteiger partial charge in [-0.15, -0.1) is 0 Å². The zero-order valence-electron chi connectivity index (χ0n) is 11.8. The molecule has 4 heteroatoms. The Morgan fingerprint density at radius 2 is 2.11 bits per heavy atom. The maximum Gasteiger partial charge on any atom is 0.0458 e. The van der Waals surface area contributed by atoms with Gasteiger partial charge in [-0.25, -0.2) is 0 Å². The first-order valence-electron chi connectivity index (χ1n) is 6.55. The number of nitrogens with two attached hydrogens (primary N) is 1. The Balaban J connectivity index is 2.15. The lowest BCUT2D eigenvalue weighted by atomic mass is 9.93. The van der Waals surface area contributed by atoms with Crippen LogP contribution in [0.25, 0.3) is 10.9 Å². The quantitative estimate of drug-likeness (QED) is 0.886. The Bertz CT molecular complexity index is 560. The van der Waals surface area contributed by atoms with Crippen LogP contribution in [-0.4, -0.2) is 30.0 Å². The first kappa shape index (κ1) is 14.6. The number of aromatic nitrogens is 1. The van der Waals surface area contributed by atoms with Crippen molar-refractivity contribution >= 4 is 26.8 Å². The first-order chi connectivity index (χ1) is 8.91. The highest BCUT2D eigenvalue weighted by Crippen LogP contribution is 2.24. The van der Waals surface area contributed by atoms with Crippen LogP contribution < -0.4 is 5.73 Å². The lowest BCUT2D eigenvalue weighted by Gasteiger charge is -2.28. The number of H-pyrrole nitrogens is 1. The third-order valence-electron chi connectivity index (χ3n) is 3.42. The molecule has 0 unspecified atom stereocenters. The smallest absolute Gasteiger partial charge is 0.0458 e. The minimum atomic E-state index is 0.154. The van der Waals surface area contributed by atoms with Gasteiger partial charge in [0.05, 0.1) is 0 Å². The normalized spacial score (nSPS) is 12.5. The summed E-state index contributed by atoms with van der Waals surface area (Å²) in [6, 6.07) is 6.33. The Labute approximate surface area is 123 Å². The largest absolute Gasteiger partial charge is 0.361 e. The molecule has 3 N–H and O–H groups in total. The van der Waals surface area contributed by atoms with Crippen molar-refractivity contribution in [2.75, 3.05) is 20.1 Å². The Hall–Kier alpha value is -0.840. The predicted octanol–water partition coefficient (Wildman–Crippen LogP) is 3.35. The molecule has 0 radical (unpaired) electrons. The molecule has 1 aromatic carbocycles. The summed E-state index contributed by atoms with van der Waals surface area (Å²) >= 11 is 3.53. The molecule has 0 bridgehead atoms. The van der Waals surface area contributed by atoms with Gasteiger partial charge in [-0.2, -0.15) is 0 Å². The number of benzene rings is 1. The molecule has 0 aliphatic heterocycles. The summed E-state index contributed by atoms with van der Waals surface area (Å²) in [6.07, 6.45) is 2.10. The van der Waals surface area contributed by atoms with Crippen molar-refractivity contribution in [3.05, 3.63) is 34.4 Å². The number of rotatable bonds is 5. The number of hydrogen-bond donors (Lipinski definition) is 2. The van der Waals surface area contributed by atoms with Gasteiger partial charge in [-0.1, -0.05) is 29.8 Å². The second-order valence-electron chi connectivity index (χ2n) is 6.04. The molecule has 2 aromatic rings. The van der Waals surface area contributed by atoms with E-state index >= 15 is 0 Å². The SMILES string of the molecule is CN(Cc1c[nH]c2ccc(Br)cc12)CC(C)(C)CN. The fraction of sp³-hybridized carbons (Fsp3) is 0.467. The molecule has 3 nitrogen and oxygen atoms in total. The predicted molar refractivity (Wildman–Crippen MR) is 85.2 cm³/mol. The summed E-state index contributed by atoms with van der Waals surface area (Å²) in [5, 5.41) is 1.28. The molecule has 0 atom stereocenters. The van der Waals surface area contributed by atoms with E-state index in [2.05, 4.69) is 71.1 Å². The highest BCUT2D eigenvalue weighted by atomic mass is 79.9. The Morgan fingerprint density at radius 1 is 1.37 bits per heavy atom. The number of hydrogen-bond acceptors (Lipinski definition) is 2. The minimum Gasteiger partial charge on any atom is -0.361 e. The summed E-state index contributed by atoms with van der Waals surface area (Å²) in [5.41, 5.74) is 8.46. The molecule has 1 heterocycles. The van der Waals surface area contributed by atoms with Gasteiger partial charge in [0.1, 0.15) is 0 Å². The van der Waals surface area contributed by atoms with E-state index in [0.29, 0.717) is 6.54 Å². The van der Waals surface area contributed by atoms with E-state index in [0.717, 1.165) is 17.6 Å². The number of aromatic amines is 1. The van der Waals surface area contributed by atoms with Crippen LogP contribution in [0.5, 0.6) is 0 Å². The third kappa shape index (κ3) is 3.59. The topological polar surface area (TPSA) is 45.0 Å². The molecule has 0 saturated carbocycles. The molecule has 0 spiro atoms. The fourth-order valence-electron chi connectivity index (χ4n) is 2.42. The third-order valence-corrected chi connectivity index (χ3v) is 3.91. The van der Waals surface area contributed by atoms with Crippen LogP contribution >= 0.6 is 15.9 Å². The molecule has 19 heavy (non-hydrogen) atoms. The number of nitrogens with one attached hydrogen (secondary N) is 1. The van der Waals surface area contributed by atoms with Crippen LogP contribution in [0.2, 0.25) is 0 Å². The van der Waals surface area contributed by atoms with Crippen molar-refractivity contribution in [2.24, 2.45) is 11.1 Å². The molecule has 104 valence electrons. The van der Waals surface area contributed by atoms with Gasteiger partial charge < -0.3 is 15.6 Å². The van der Waals surface area contributed by atoms with Crippen molar-refractivity contribution in [1.29, 1.82) is 0 Å². The molecule has 0 aliphatic carbocycles. The van der Waals surface area contributed by atoms with E-state index in [9.17, 15) is 0 Å². The zero-order chi connectivity index (χ0) is 14.0. The zero-order valence-corrected chi connectivity index (χ0v) is 13.4. The Morgan fingerprint density at radius 3 is 2.79 bits per heavy atom. The molecule has 0 amide bonds. The number of fused-ring (bicyclic) bond motifs is 1. The highest BCUT2D eigenvalue weighted by molar-refractivity contribution is 9.10. The van der Waals surface area contributed by atoms with Crippen molar-refractivity contribution < 1.29 is 0 Å². The standard InChI is InChI=1S/C15H22BrN3/c1-15(2,9-17)10-19(3)8-11-7-18-14-5-4-12(16)6-13(11)14/h4-7,18H,8-10,17H2,1-3H3. The van der Waals surface area contributed by atoms with Gasteiger partial charge in [0.2, 0.25) is 0 Å². The van der Waals surface area contributed by atoms with Crippen LogP contribution in [0.15, 0.2) is 28.9 Å². The molecule has 0 aliphatic rings. The molecular weight excluding hydrogens is 302 g/mol. The van der Waals surface area contributed by atoms with Gasteiger partial charge in [0.15, 0.2) is 0 Å². The van der Waals surface area contributed by atoms with E-state index in [-0.39, 0.29) is 5.41 Å². The monoisotopic (exact) mass is 323 g/mol. The van der Waals surface area contributed by atoms with Crippen molar-refractivity contribution in [3.8, 4) is 0 Å². The van der Waals surface area contributed by atoms with Crippen molar-refractivity contribution in [2.45, 2.75) is 20.4 Å². The lowest BCUT2D eigenvalue weighted by Crippen LogP contribution is -2.36. The first-order valence-corrected chi connectivity index (χ1v) is 7.35. The fourth-order valence-corrected chi connectivity index (χ4v) is 2.78. The van der Waals surface area contributed by atoms with Crippen LogP contribution in [0.1, 0.15) is 19.4 Å². The lowest BCUT2D eigenvalue weighted by molar-refractivity contribution is 0.210. The van der Waals surface area contributed by atoms with Gasteiger partial charge >= 0.3 is 0 Å². The van der Waals surface area contributed by atoms with Gasteiger partial charge in [-0.3, -0.25) is 0 Å². The highest BCUT2D eigenvalue weighted by Gasteiger charge is 2.18. The second-order valence-corrected chi connectivity index (χ2v) is 6.96. The maximum atomic E-state index is 5.80. The minimum absolute atomic E-state index is 0.154. The number of halogens is 1. The van der Waals surface area contributed by atoms with Crippen LogP contribution in [0.4, 0.5) is 0 Å². The molecule has 0 fully saturated rings.